The fraction of sp³-hybridized carbons (Fsp3) is 0.188. The van der Waals surface area contributed by atoms with Gasteiger partial charge in [-0.25, -0.2) is 8.99 Å². The average Bonchev–Trinajstić information content (AvgIpc) is 2.47. The summed E-state index contributed by atoms with van der Waals surface area (Å²) in [6.07, 6.45) is 0.892. The lowest BCUT2D eigenvalue weighted by Gasteiger charge is -2.23. The summed E-state index contributed by atoms with van der Waals surface area (Å²) in [6, 6.07) is 12.6. The Kier molecular flexibility index (Phi) is 3.41. The molecular weight excluding hydrogens is 300 g/mol. The van der Waals surface area contributed by atoms with E-state index in [1.807, 2.05) is 18.2 Å². The van der Waals surface area contributed by atoms with Gasteiger partial charge in [-0.2, -0.15) is 0 Å². The van der Waals surface area contributed by atoms with Crippen molar-refractivity contribution >= 4 is 21.3 Å². The van der Waals surface area contributed by atoms with E-state index >= 15 is 0 Å². The predicted molar refractivity (Wildman–Crippen MR) is 85.6 cm³/mol. The van der Waals surface area contributed by atoms with Crippen molar-refractivity contribution in [3.63, 3.8) is 0 Å². The van der Waals surface area contributed by atoms with Crippen molar-refractivity contribution in [2.45, 2.75) is 17.9 Å². The van der Waals surface area contributed by atoms with E-state index < -0.39 is 15.8 Å². The number of amides is 1. The van der Waals surface area contributed by atoms with Crippen molar-refractivity contribution in [2.24, 2.45) is 0 Å². The van der Waals surface area contributed by atoms with Crippen LogP contribution in [-0.4, -0.2) is 22.5 Å². The highest BCUT2D eigenvalue weighted by atomic mass is 32.2. The molecule has 2 aromatic carbocycles. The van der Waals surface area contributed by atoms with Gasteiger partial charge in [0.15, 0.2) is 6.10 Å². The summed E-state index contributed by atoms with van der Waals surface area (Å²) in [5.41, 5.74) is 2.33. The highest BCUT2D eigenvalue weighted by Crippen LogP contribution is 2.34. The van der Waals surface area contributed by atoms with E-state index in [1.54, 1.807) is 31.2 Å². The van der Waals surface area contributed by atoms with Gasteiger partial charge >= 0.3 is 0 Å². The lowest BCUT2D eigenvalue weighted by Crippen LogP contribution is -2.34. The summed E-state index contributed by atoms with van der Waals surface area (Å²) >= 11 is 0. The number of hydrogen-bond donors (Lipinski definition) is 2. The minimum atomic E-state index is -2.76. The van der Waals surface area contributed by atoms with Gasteiger partial charge in [-0.3, -0.25) is 4.79 Å². The van der Waals surface area contributed by atoms with E-state index in [0.717, 1.165) is 11.1 Å². The molecule has 2 N–H and O–H groups in total. The molecule has 1 heterocycles. The quantitative estimate of drug-likeness (QED) is 0.893. The van der Waals surface area contributed by atoms with Crippen LogP contribution in [0.3, 0.4) is 0 Å². The number of benzene rings is 2. The number of nitrogens with one attached hydrogen (secondary N) is 2. The summed E-state index contributed by atoms with van der Waals surface area (Å²) in [4.78, 5) is 12.2. The molecule has 2 unspecified atom stereocenters. The molecule has 0 saturated heterocycles. The van der Waals surface area contributed by atoms with Gasteiger partial charge < -0.3 is 10.1 Å². The second kappa shape index (κ2) is 5.14. The Morgan fingerprint density at radius 3 is 2.64 bits per heavy atom. The molecular formula is C16H16N2O3S. The Labute approximate surface area is 129 Å². The zero-order valence-electron chi connectivity index (χ0n) is 12.3. The van der Waals surface area contributed by atoms with Crippen molar-refractivity contribution in [2.75, 3.05) is 11.6 Å². The number of rotatable bonds is 2. The average molecular weight is 316 g/mol. The normalized spacial score (nSPS) is 19.5. The predicted octanol–water partition coefficient (Wildman–Crippen LogP) is 3.11. The Hall–Kier alpha value is -2.34. The third-order valence-electron chi connectivity index (χ3n) is 3.53. The van der Waals surface area contributed by atoms with Crippen LogP contribution in [0.1, 0.15) is 6.92 Å². The molecule has 1 aliphatic heterocycles. The summed E-state index contributed by atoms with van der Waals surface area (Å²) < 4.78 is 25.1. The van der Waals surface area contributed by atoms with Crippen LogP contribution in [0.25, 0.3) is 11.1 Å². The highest BCUT2D eigenvalue weighted by Gasteiger charge is 2.23. The van der Waals surface area contributed by atoms with Gasteiger partial charge in [0.1, 0.15) is 5.75 Å². The number of carbonyl (C=O) groups is 1. The highest BCUT2D eigenvalue weighted by molar-refractivity contribution is 7.91. The van der Waals surface area contributed by atoms with Gasteiger partial charge in [0.2, 0.25) is 0 Å². The molecule has 3 rings (SSSR count). The molecule has 114 valence electrons. The number of anilines is 1. The van der Waals surface area contributed by atoms with Gasteiger partial charge in [0, 0.05) is 11.2 Å². The number of ether oxygens (including phenoxy) is 1. The minimum Gasteiger partial charge on any atom is -0.479 e. The van der Waals surface area contributed by atoms with Gasteiger partial charge in [0.25, 0.3) is 5.91 Å². The molecule has 0 aromatic heterocycles. The van der Waals surface area contributed by atoms with Crippen LogP contribution in [0.4, 0.5) is 5.69 Å². The number of carbonyl (C=O) groups excluding carboxylic acids is 1. The lowest BCUT2D eigenvalue weighted by molar-refractivity contribution is -0.122. The monoisotopic (exact) mass is 316 g/mol. The first-order chi connectivity index (χ1) is 10.3. The van der Waals surface area contributed by atoms with Crippen molar-refractivity contribution in [3.8, 4) is 16.9 Å². The molecule has 2 aromatic rings. The topological polar surface area (TPSA) is 79.2 Å². The zero-order chi connectivity index (χ0) is 15.9. The van der Waals surface area contributed by atoms with Crippen molar-refractivity contribution in [3.05, 3.63) is 42.5 Å². The second-order valence-electron chi connectivity index (χ2n) is 5.33. The summed E-state index contributed by atoms with van der Waals surface area (Å²) in [5, 5.41) is 2.81. The van der Waals surface area contributed by atoms with Crippen LogP contribution in [0.15, 0.2) is 47.4 Å². The first kappa shape index (κ1) is 14.6. The summed E-state index contributed by atoms with van der Waals surface area (Å²) in [5.74, 6) is 0.452. The van der Waals surface area contributed by atoms with E-state index in [9.17, 15) is 9.00 Å². The SMILES string of the molecule is CC1Oc2ccc(-c3cccc(S(C)(=N)=O)c3)cc2NC1=O. The molecule has 0 bridgehead atoms. The van der Waals surface area contributed by atoms with Crippen LogP contribution in [0, 0.1) is 4.78 Å². The molecule has 0 aliphatic carbocycles. The van der Waals surface area contributed by atoms with E-state index in [2.05, 4.69) is 5.32 Å². The molecule has 1 amide bonds. The van der Waals surface area contributed by atoms with Crippen LogP contribution in [0.2, 0.25) is 0 Å². The Balaban J connectivity index is 2.04. The van der Waals surface area contributed by atoms with Gasteiger partial charge in [-0.15, -0.1) is 0 Å². The maximum absolute atomic E-state index is 11.9. The number of fused-ring (bicyclic) bond motifs is 1. The fourth-order valence-corrected chi connectivity index (χ4v) is 3.00. The smallest absolute Gasteiger partial charge is 0.265 e. The molecule has 1 aliphatic rings. The first-order valence-corrected chi connectivity index (χ1v) is 8.77. The minimum absolute atomic E-state index is 0.180. The van der Waals surface area contributed by atoms with Crippen LogP contribution < -0.4 is 10.1 Å². The van der Waals surface area contributed by atoms with Crippen LogP contribution >= 0.6 is 0 Å². The molecule has 22 heavy (non-hydrogen) atoms. The molecule has 5 nitrogen and oxygen atoms in total. The summed E-state index contributed by atoms with van der Waals surface area (Å²) in [6.45, 7) is 1.70. The molecule has 0 fully saturated rings. The van der Waals surface area contributed by atoms with E-state index in [4.69, 9.17) is 9.52 Å². The molecule has 0 radical (unpaired) electrons. The van der Waals surface area contributed by atoms with Crippen molar-refractivity contribution < 1.29 is 13.7 Å². The third-order valence-corrected chi connectivity index (χ3v) is 4.68. The lowest BCUT2D eigenvalue weighted by atomic mass is 10.0. The van der Waals surface area contributed by atoms with Gasteiger partial charge in [-0.1, -0.05) is 18.2 Å². The van der Waals surface area contributed by atoms with Gasteiger partial charge in [0.05, 0.1) is 15.4 Å². The van der Waals surface area contributed by atoms with Gasteiger partial charge in [-0.05, 0) is 42.3 Å². The van der Waals surface area contributed by atoms with E-state index in [-0.39, 0.29) is 5.91 Å². The van der Waals surface area contributed by atoms with Crippen molar-refractivity contribution in [1.82, 2.24) is 0 Å². The first-order valence-electron chi connectivity index (χ1n) is 6.80. The Morgan fingerprint density at radius 2 is 1.91 bits per heavy atom. The molecule has 0 saturated carbocycles. The zero-order valence-corrected chi connectivity index (χ0v) is 13.1. The molecule has 2 atom stereocenters. The largest absolute Gasteiger partial charge is 0.479 e. The van der Waals surface area contributed by atoms with Crippen molar-refractivity contribution in [1.29, 1.82) is 4.78 Å². The van der Waals surface area contributed by atoms with E-state index in [1.165, 1.54) is 6.26 Å². The standard InChI is InChI=1S/C16H16N2O3S/c1-10-16(19)18-14-9-12(6-7-15(14)21-10)11-4-3-5-13(8-11)22(2,17)20/h3-10,17H,1-2H3,(H,18,19). The second-order valence-corrected chi connectivity index (χ2v) is 7.49. The Bertz CT molecular complexity index is 859. The van der Waals surface area contributed by atoms with Crippen LogP contribution in [-0.2, 0) is 14.5 Å². The molecule has 0 spiro atoms. The maximum atomic E-state index is 11.9. The molecule has 6 heteroatoms. The van der Waals surface area contributed by atoms with E-state index in [0.29, 0.717) is 16.3 Å². The Morgan fingerprint density at radius 1 is 1.18 bits per heavy atom. The number of hydrogen-bond acceptors (Lipinski definition) is 4. The van der Waals surface area contributed by atoms with Crippen LogP contribution in [0.5, 0.6) is 5.75 Å². The third kappa shape index (κ3) is 2.69. The maximum Gasteiger partial charge on any atom is 0.265 e. The fourth-order valence-electron chi connectivity index (χ4n) is 2.31. The summed E-state index contributed by atoms with van der Waals surface area (Å²) in [7, 11) is -2.76.